The third-order valence-corrected chi connectivity index (χ3v) is 4.34. The van der Waals surface area contributed by atoms with Crippen LogP contribution >= 0.6 is 0 Å². The van der Waals surface area contributed by atoms with E-state index in [0.29, 0.717) is 12.2 Å². The Kier molecular flexibility index (Phi) is 4.40. The molecule has 0 aromatic heterocycles. The number of imide groups is 1. The molecule has 3 rings (SSSR count). The molecule has 0 aliphatic carbocycles. The van der Waals surface area contributed by atoms with Crippen molar-refractivity contribution >= 4 is 11.9 Å². The van der Waals surface area contributed by atoms with Crippen molar-refractivity contribution in [2.75, 3.05) is 13.2 Å². The van der Waals surface area contributed by atoms with Gasteiger partial charge >= 0.3 is 12.6 Å². The molecule has 1 N–H and O–H groups in total. The highest BCUT2D eigenvalue weighted by molar-refractivity contribution is 6.07. The molecule has 3 amide bonds. The zero-order valence-corrected chi connectivity index (χ0v) is 13.1. The molecule has 2 aliphatic heterocycles. The topological polar surface area (TPSA) is 67.9 Å². The van der Waals surface area contributed by atoms with Crippen molar-refractivity contribution in [2.24, 2.45) is 0 Å². The maximum atomic E-state index is 12.7. The number of benzene rings is 1. The van der Waals surface area contributed by atoms with E-state index in [0.717, 1.165) is 17.7 Å². The molecule has 0 radical (unpaired) electrons. The van der Waals surface area contributed by atoms with Crippen LogP contribution in [0.25, 0.3) is 0 Å². The molecule has 6 nitrogen and oxygen atoms in total. The molecule has 1 aromatic carbocycles. The SMILES string of the molecule is C[C@@]1(c2ccc(OC(F)F)cc2)NC(=O)N(C[C@H]2CCCO2)C1=O. The van der Waals surface area contributed by atoms with Crippen LogP contribution < -0.4 is 10.1 Å². The summed E-state index contributed by atoms with van der Waals surface area (Å²) in [6, 6.07) is 5.19. The Morgan fingerprint density at radius 1 is 1.38 bits per heavy atom. The van der Waals surface area contributed by atoms with E-state index in [9.17, 15) is 18.4 Å². The second-order valence-electron chi connectivity index (χ2n) is 6.01. The number of hydrogen-bond donors (Lipinski definition) is 1. The van der Waals surface area contributed by atoms with Gasteiger partial charge in [0.2, 0.25) is 0 Å². The zero-order chi connectivity index (χ0) is 17.3. The third-order valence-electron chi connectivity index (χ3n) is 4.34. The standard InChI is InChI=1S/C16H18F2N2O4/c1-16(10-4-6-11(7-5-10)24-14(17)18)13(21)20(15(22)19-16)9-12-3-2-8-23-12/h4-7,12,14H,2-3,8-9H2,1H3,(H,19,22)/t12-,16+/m1/s1. The number of carbonyl (C=O) groups is 2. The second kappa shape index (κ2) is 6.35. The normalized spacial score (nSPS) is 27.0. The van der Waals surface area contributed by atoms with Gasteiger partial charge in [0.05, 0.1) is 12.6 Å². The Hall–Kier alpha value is -2.22. The van der Waals surface area contributed by atoms with E-state index in [1.807, 2.05) is 0 Å². The van der Waals surface area contributed by atoms with Crippen LogP contribution in [0.5, 0.6) is 5.75 Å². The Balaban J connectivity index is 1.76. The number of nitrogens with one attached hydrogen (secondary N) is 1. The summed E-state index contributed by atoms with van der Waals surface area (Å²) in [6.45, 7) is -0.475. The van der Waals surface area contributed by atoms with Crippen molar-refractivity contribution in [3.05, 3.63) is 29.8 Å². The lowest BCUT2D eigenvalue weighted by atomic mass is 9.92. The van der Waals surface area contributed by atoms with Crippen molar-refractivity contribution in [1.82, 2.24) is 10.2 Å². The molecular formula is C16H18F2N2O4. The number of alkyl halides is 2. The minimum Gasteiger partial charge on any atom is -0.435 e. The fourth-order valence-corrected chi connectivity index (χ4v) is 3.02. The number of carbonyl (C=O) groups excluding carboxylic acids is 2. The first kappa shape index (κ1) is 16.6. The molecular weight excluding hydrogens is 322 g/mol. The Morgan fingerprint density at radius 2 is 2.08 bits per heavy atom. The van der Waals surface area contributed by atoms with Crippen LogP contribution in [0, 0.1) is 0 Å². The van der Waals surface area contributed by atoms with E-state index >= 15 is 0 Å². The van der Waals surface area contributed by atoms with Crippen molar-refractivity contribution < 1.29 is 27.8 Å². The largest absolute Gasteiger partial charge is 0.435 e. The molecule has 2 heterocycles. The summed E-state index contributed by atoms with van der Waals surface area (Å²) in [5.74, 6) is -0.393. The summed E-state index contributed by atoms with van der Waals surface area (Å²) in [6.07, 6.45) is 1.59. The lowest BCUT2D eigenvalue weighted by Crippen LogP contribution is -2.42. The molecule has 1 aromatic rings. The van der Waals surface area contributed by atoms with E-state index in [1.165, 1.54) is 24.3 Å². The first-order valence-corrected chi connectivity index (χ1v) is 7.71. The fraction of sp³-hybridized carbons (Fsp3) is 0.500. The van der Waals surface area contributed by atoms with E-state index in [1.54, 1.807) is 6.92 Å². The maximum Gasteiger partial charge on any atom is 0.387 e. The minimum atomic E-state index is -2.92. The average molecular weight is 340 g/mol. The van der Waals surface area contributed by atoms with Crippen molar-refractivity contribution in [3.8, 4) is 5.75 Å². The summed E-state index contributed by atoms with van der Waals surface area (Å²) in [5.41, 5.74) is -0.740. The molecule has 2 saturated heterocycles. The van der Waals surface area contributed by atoms with Gasteiger partial charge < -0.3 is 14.8 Å². The molecule has 2 fully saturated rings. The van der Waals surface area contributed by atoms with Gasteiger partial charge in [-0.2, -0.15) is 8.78 Å². The molecule has 0 spiro atoms. The summed E-state index contributed by atoms with van der Waals surface area (Å²) < 4.78 is 34.2. The molecule has 24 heavy (non-hydrogen) atoms. The lowest BCUT2D eigenvalue weighted by Gasteiger charge is -2.23. The Labute approximate surface area is 137 Å². The first-order valence-electron chi connectivity index (χ1n) is 7.71. The van der Waals surface area contributed by atoms with Gasteiger partial charge in [-0.3, -0.25) is 9.69 Å². The molecule has 0 saturated carbocycles. The van der Waals surface area contributed by atoms with Gasteiger partial charge in [-0.05, 0) is 37.5 Å². The van der Waals surface area contributed by atoms with Crippen LogP contribution in [0.4, 0.5) is 13.6 Å². The molecule has 8 heteroatoms. The monoisotopic (exact) mass is 340 g/mol. The van der Waals surface area contributed by atoms with E-state index in [4.69, 9.17) is 4.74 Å². The summed E-state index contributed by atoms with van der Waals surface area (Å²) in [7, 11) is 0. The summed E-state index contributed by atoms with van der Waals surface area (Å²) in [5, 5.41) is 2.67. The maximum absolute atomic E-state index is 12.7. The van der Waals surface area contributed by atoms with Gasteiger partial charge in [-0.25, -0.2) is 4.79 Å². The Morgan fingerprint density at radius 3 is 2.67 bits per heavy atom. The van der Waals surface area contributed by atoms with Crippen molar-refractivity contribution in [2.45, 2.75) is 38.0 Å². The van der Waals surface area contributed by atoms with Gasteiger partial charge in [0, 0.05) is 6.61 Å². The van der Waals surface area contributed by atoms with Gasteiger partial charge in [-0.1, -0.05) is 12.1 Å². The van der Waals surface area contributed by atoms with Crippen molar-refractivity contribution in [3.63, 3.8) is 0 Å². The van der Waals surface area contributed by atoms with Crippen LogP contribution in [0.2, 0.25) is 0 Å². The molecule has 2 aliphatic rings. The van der Waals surface area contributed by atoms with Crippen molar-refractivity contribution in [1.29, 1.82) is 0 Å². The summed E-state index contributed by atoms with van der Waals surface area (Å²) >= 11 is 0. The van der Waals surface area contributed by atoms with E-state index < -0.39 is 18.2 Å². The highest BCUT2D eigenvalue weighted by Crippen LogP contribution is 2.31. The van der Waals surface area contributed by atoms with Gasteiger partial charge in [0.25, 0.3) is 5.91 Å². The number of urea groups is 1. The quantitative estimate of drug-likeness (QED) is 0.835. The van der Waals surface area contributed by atoms with Crippen LogP contribution in [0.1, 0.15) is 25.3 Å². The second-order valence-corrected chi connectivity index (χ2v) is 6.01. The third kappa shape index (κ3) is 3.06. The Bertz CT molecular complexity index is 631. The number of ether oxygens (including phenoxy) is 2. The number of halogens is 2. The van der Waals surface area contributed by atoms with Crippen LogP contribution in [-0.2, 0) is 15.1 Å². The summed E-state index contributed by atoms with van der Waals surface area (Å²) in [4.78, 5) is 26.1. The fourth-order valence-electron chi connectivity index (χ4n) is 3.02. The first-order chi connectivity index (χ1) is 11.4. The highest BCUT2D eigenvalue weighted by Gasteiger charge is 2.49. The number of rotatable bonds is 5. The van der Waals surface area contributed by atoms with Gasteiger partial charge in [0.15, 0.2) is 0 Å². The smallest absolute Gasteiger partial charge is 0.387 e. The average Bonchev–Trinajstić information content (AvgIpc) is 3.11. The molecule has 0 unspecified atom stereocenters. The lowest BCUT2D eigenvalue weighted by molar-refractivity contribution is -0.132. The number of nitrogens with zero attached hydrogens (tertiary/aromatic N) is 1. The molecule has 0 bridgehead atoms. The highest BCUT2D eigenvalue weighted by atomic mass is 19.3. The molecule has 2 atom stereocenters. The van der Waals surface area contributed by atoms with Gasteiger partial charge in [0.1, 0.15) is 11.3 Å². The molecule has 130 valence electrons. The van der Waals surface area contributed by atoms with Crippen LogP contribution in [0.15, 0.2) is 24.3 Å². The predicted octanol–water partition coefficient (Wildman–Crippen LogP) is 2.23. The number of hydrogen-bond acceptors (Lipinski definition) is 4. The van der Waals surface area contributed by atoms with E-state index in [-0.39, 0.29) is 24.3 Å². The minimum absolute atomic E-state index is 0.00895. The van der Waals surface area contributed by atoms with Crippen LogP contribution in [0.3, 0.4) is 0 Å². The zero-order valence-electron chi connectivity index (χ0n) is 13.1. The predicted molar refractivity (Wildman–Crippen MR) is 79.6 cm³/mol. The van der Waals surface area contributed by atoms with Crippen LogP contribution in [-0.4, -0.2) is 42.7 Å². The van der Waals surface area contributed by atoms with Gasteiger partial charge in [-0.15, -0.1) is 0 Å². The number of amides is 3. The van der Waals surface area contributed by atoms with E-state index in [2.05, 4.69) is 10.1 Å².